The molecule has 0 saturated heterocycles. The average molecular weight is 298 g/mol. The van der Waals surface area contributed by atoms with Gasteiger partial charge in [0.15, 0.2) is 17.5 Å². The molecule has 3 rings (SSSR count). The summed E-state index contributed by atoms with van der Waals surface area (Å²) in [5.74, 6) is 0.878. The van der Waals surface area contributed by atoms with Gasteiger partial charge in [-0.3, -0.25) is 0 Å². The van der Waals surface area contributed by atoms with E-state index >= 15 is 0 Å². The largest absolute Gasteiger partial charge is 0.494 e. The number of aromatic amines is 1. The van der Waals surface area contributed by atoms with Crippen LogP contribution in [0.5, 0.6) is 5.75 Å². The van der Waals surface area contributed by atoms with Crippen LogP contribution in [-0.4, -0.2) is 11.6 Å². The van der Waals surface area contributed by atoms with E-state index in [0.717, 1.165) is 27.8 Å². The summed E-state index contributed by atoms with van der Waals surface area (Å²) >= 11 is 1.59. The Morgan fingerprint density at radius 3 is 2.62 bits per heavy atom. The Bertz CT molecular complexity index is 695. The number of H-pyrrole nitrogens is 1. The molecule has 0 aliphatic carbocycles. The molecule has 0 aliphatic rings. The van der Waals surface area contributed by atoms with Gasteiger partial charge in [-0.25, -0.2) is 9.97 Å². The molecule has 0 radical (unpaired) electrons. The molecule has 1 aromatic carbocycles. The number of hydrogen-bond donors (Lipinski definition) is 1. The maximum absolute atomic E-state index is 5.43. The quantitative estimate of drug-likeness (QED) is 0.780. The summed E-state index contributed by atoms with van der Waals surface area (Å²) in [6, 6.07) is 11.9. The van der Waals surface area contributed by atoms with Crippen molar-refractivity contribution in [2.45, 2.75) is 6.92 Å². The number of rotatable bonds is 5. The smallest absolute Gasteiger partial charge is 0.187 e. The number of nitrogens with one attached hydrogen (secondary N) is 2. The van der Waals surface area contributed by atoms with Crippen molar-refractivity contribution in [2.24, 2.45) is 0 Å². The highest BCUT2D eigenvalue weighted by Gasteiger charge is 2.05. The predicted octanol–water partition coefficient (Wildman–Crippen LogP) is 3.77. The van der Waals surface area contributed by atoms with Gasteiger partial charge in [-0.05, 0) is 31.2 Å². The third-order valence-corrected chi connectivity index (χ3v) is 3.69. The second-order valence-corrected chi connectivity index (χ2v) is 5.27. The van der Waals surface area contributed by atoms with E-state index < -0.39 is 0 Å². The van der Waals surface area contributed by atoms with Crippen LogP contribution in [0.25, 0.3) is 11.3 Å². The summed E-state index contributed by atoms with van der Waals surface area (Å²) in [4.78, 5) is 7.61. The minimum Gasteiger partial charge on any atom is -0.494 e. The lowest BCUT2D eigenvalue weighted by molar-refractivity contribution is -0.377. The Labute approximate surface area is 127 Å². The molecule has 2 heterocycles. The summed E-state index contributed by atoms with van der Waals surface area (Å²) in [5, 5.41) is 6.23. The topological polar surface area (TPSA) is 48.3 Å². The fraction of sp³-hybridized carbons (Fsp3) is 0.125. The molecule has 2 aromatic heterocycles. The van der Waals surface area contributed by atoms with E-state index in [1.807, 2.05) is 61.1 Å². The Kier molecular flexibility index (Phi) is 4.12. The minimum atomic E-state index is 0.678. The molecule has 0 aliphatic heterocycles. The third kappa shape index (κ3) is 3.38. The lowest BCUT2D eigenvalue weighted by Crippen LogP contribution is -1.97. The zero-order chi connectivity index (χ0) is 14.5. The molecular weight excluding hydrogens is 282 g/mol. The SMILES string of the molecule is CCOc1ccc(Nc2nc(-c3cc[nH+]cc3)cs2)cc1. The molecule has 3 aromatic rings. The number of aromatic nitrogens is 2. The van der Waals surface area contributed by atoms with Gasteiger partial charge in [0.1, 0.15) is 5.75 Å². The number of benzene rings is 1. The van der Waals surface area contributed by atoms with Crippen LogP contribution in [0.15, 0.2) is 54.2 Å². The predicted molar refractivity (Wildman–Crippen MR) is 85.0 cm³/mol. The second kappa shape index (κ2) is 6.37. The van der Waals surface area contributed by atoms with E-state index in [4.69, 9.17) is 4.74 Å². The summed E-state index contributed by atoms with van der Waals surface area (Å²) < 4.78 is 5.43. The Morgan fingerprint density at radius 2 is 1.90 bits per heavy atom. The van der Waals surface area contributed by atoms with Gasteiger partial charge in [-0.1, -0.05) is 0 Å². The first kappa shape index (κ1) is 13.6. The van der Waals surface area contributed by atoms with E-state index in [-0.39, 0.29) is 0 Å². The monoisotopic (exact) mass is 298 g/mol. The number of hydrogen-bond acceptors (Lipinski definition) is 4. The first-order chi connectivity index (χ1) is 10.3. The van der Waals surface area contributed by atoms with Gasteiger partial charge in [-0.2, -0.15) is 0 Å². The number of anilines is 2. The molecule has 0 spiro atoms. The Hall–Kier alpha value is -2.40. The zero-order valence-electron chi connectivity index (χ0n) is 11.7. The van der Waals surface area contributed by atoms with E-state index in [0.29, 0.717) is 6.61 Å². The van der Waals surface area contributed by atoms with Crippen LogP contribution in [0, 0.1) is 0 Å². The van der Waals surface area contributed by atoms with E-state index in [1.165, 1.54) is 0 Å². The first-order valence-corrected chi connectivity index (χ1v) is 7.65. The fourth-order valence-electron chi connectivity index (χ4n) is 1.95. The Balaban J connectivity index is 1.72. The molecule has 0 bridgehead atoms. The summed E-state index contributed by atoms with van der Waals surface area (Å²) in [6.07, 6.45) is 3.79. The van der Waals surface area contributed by atoms with E-state index in [1.54, 1.807) is 11.3 Å². The van der Waals surface area contributed by atoms with Gasteiger partial charge >= 0.3 is 0 Å². The van der Waals surface area contributed by atoms with Gasteiger partial charge in [0.2, 0.25) is 0 Å². The highest BCUT2D eigenvalue weighted by molar-refractivity contribution is 7.14. The maximum Gasteiger partial charge on any atom is 0.187 e. The molecule has 21 heavy (non-hydrogen) atoms. The van der Waals surface area contributed by atoms with Crippen molar-refractivity contribution >= 4 is 22.2 Å². The molecule has 0 fully saturated rings. The molecule has 0 unspecified atom stereocenters. The van der Waals surface area contributed by atoms with Crippen LogP contribution < -0.4 is 15.0 Å². The van der Waals surface area contributed by atoms with Crippen molar-refractivity contribution < 1.29 is 9.72 Å². The third-order valence-electron chi connectivity index (χ3n) is 2.93. The van der Waals surface area contributed by atoms with Gasteiger partial charge in [0, 0.05) is 28.8 Å². The van der Waals surface area contributed by atoms with Gasteiger partial charge < -0.3 is 10.1 Å². The lowest BCUT2D eigenvalue weighted by Gasteiger charge is -2.05. The first-order valence-electron chi connectivity index (χ1n) is 6.77. The van der Waals surface area contributed by atoms with Crippen LogP contribution in [-0.2, 0) is 0 Å². The van der Waals surface area contributed by atoms with Crippen molar-refractivity contribution in [2.75, 3.05) is 11.9 Å². The van der Waals surface area contributed by atoms with Gasteiger partial charge in [0.05, 0.1) is 12.3 Å². The number of pyridine rings is 1. The van der Waals surface area contributed by atoms with Gasteiger partial charge in [-0.15, -0.1) is 11.3 Å². The molecule has 106 valence electrons. The fourth-order valence-corrected chi connectivity index (χ4v) is 2.69. The van der Waals surface area contributed by atoms with Crippen molar-refractivity contribution in [3.8, 4) is 17.0 Å². The molecular formula is C16H16N3OS+. The minimum absolute atomic E-state index is 0.678. The van der Waals surface area contributed by atoms with Crippen LogP contribution in [0.2, 0.25) is 0 Å². The summed E-state index contributed by atoms with van der Waals surface area (Å²) in [6.45, 7) is 2.65. The number of thiazole rings is 1. The standard InChI is InChI=1S/C16H15N3OS/c1-2-20-14-5-3-13(4-6-14)18-16-19-15(11-21-16)12-7-9-17-10-8-12/h3-11H,2H2,1H3,(H,18,19)/p+1. The normalized spacial score (nSPS) is 10.3. The molecule has 0 amide bonds. The maximum atomic E-state index is 5.43. The highest BCUT2D eigenvalue weighted by atomic mass is 32.1. The molecule has 0 saturated carbocycles. The van der Waals surface area contributed by atoms with E-state index in [9.17, 15) is 0 Å². The highest BCUT2D eigenvalue weighted by Crippen LogP contribution is 2.27. The van der Waals surface area contributed by atoms with E-state index in [2.05, 4.69) is 15.3 Å². The van der Waals surface area contributed by atoms with Crippen molar-refractivity contribution in [1.82, 2.24) is 4.98 Å². The average Bonchev–Trinajstić information content (AvgIpc) is 2.99. The van der Waals surface area contributed by atoms with Crippen LogP contribution in [0.4, 0.5) is 10.8 Å². The molecule has 4 nitrogen and oxygen atoms in total. The lowest BCUT2D eigenvalue weighted by atomic mass is 10.2. The summed E-state index contributed by atoms with van der Waals surface area (Å²) in [5.41, 5.74) is 3.08. The Morgan fingerprint density at radius 1 is 1.14 bits per heavy atom. The second-order valence-electron chi connectivity index (χ2n) is 4.41. The van der Waals surface area contributed by atoms with Crippen molar-refractivity contribution in [1.29, 1.82) is 0 Å². The van der Waals surface area contributed by atoms with Crippen LogP contribution in [0.3, 0.4) is 0 Å². The van der Waals surface area contributed by atoms with Crippen molar-refractivity contribution in [3.05, 3.63) is 54.2 Å². The number of nitrogens with zero attached hydrogens (tertiary/aromatic N) is 1. The molecule has 0 atom stereocenters. The van der Waals surface area contributed by atoms with Crippen LogP contribution in [0.1, 0.15) is 6.92 Å². The van der Waals surface area contributed by atoms with Crippen LogP contribution >= 0.6 is 11.3 Å². The molecule has 5 heteroatoms. The number of ether oxygens (including phenoxy) is 1. The molecule has 2 N–H and O–H groups in total. The van der Waals surface area contributed by atoms with Gasteiger partial charge in [0.25, 0.3) is 0 Å². The van der Waals surface area contributed by atoms with Crippen molar-refractivity contribution in [3.63, 3.8) is 0 Å². The summed E-state index contributed by atoms with van der Waals surface area (Å²) in [7, 11) is 0. The zero-order valence-corrected chi connectivity index (χ0v) is 12.5.